The van der Waals surface area contributed by atoms with Gasteiger partial charge in [0.25, 0.3) is 0 Å². The van der Waals surface area contributed by atoms with Crippen molar-refractivity contribution in [3.63, 3.8) is 0 Å². The summed E-state index contributed by atoms with van der Waals surface area (Å²) in [4.78, 5) is 1.54. The first-order valence-electron chi connectivity index (χ1n) is 5.58. The lowest BCUT2D eigenvalue weighted by Crippen LogP contribution is -2.14. The van der Waals surface area contributed by atoms with Gasteiger partial charge < -0.3 is 5.73 Å². The van der Waals surface area contributed by atoms with Crippen molar-refractivity contribution in [3.05, 3.63) is 55.4 Å². The van der Waals surface area contributed by atoms with Crippen LogP contribution in [0.25, 0.3) is 0 Å². The van der Waals surface area contributed by atoms with Gasteiger partial charge in [-0.1, -0.05) is 0 Å². The van der Waals surface area contributed by atoms with Crippen molar-refractivity contribution in [1.29, 1.82) is 0 Å². The second-order valence-electron chi connectivity index (χ2n) is 4.26. The summed E-state index contributed by atoms with van der Waals surface area (Å²) in [6.45, 7) is 1.84. The molecule has 0 bridgehead atoms. The summed E-state index contributed by atoms with van der Waals surface area (Å²) in [5, 5.41) is 0. The fourth-order valence-corrected chi connectivity index (χ4v) is 3.33. The van der Waals surface area contributed by atoms with Crippen molar-refractivity contribution < 1.29 is 17.6 Å². The predicted molar refractivity (Wildman–Crippen MR) is 74.2 cm³/mol. The van der Waals surface area contributed by atoms with Gasteiger partial charge in [0, 0.05) is 19.8 Å². The lowest BCUT2D eigenvalue weighted by molar-refractivity contribution is -0.137. The van der Waals surface area contributed by atoms with Crippen LogP contribution in [-0.2, 0) is 6.18 Å². The maximum Gasteiger partial charge on any atom is 0.416 e. The molecule has 0 aliphatic heterocycles. The van der Waals surface area contributed by atoms with Gasteiger partial charge in [0.15, 0.2) is 0 Å². The molecule has 108 valence electrons. The van der Waals surface area contributed by atoms with E-state index in [2.05, 4.69) is 15.9 Å². The van der Waals surface area contributed by atoms with Crippen LogP contribution in [0.15, 0.2) is 28.7 Å². The Balaban J connectivity index is 2.46. The minimum atomic E-state index is -4.52. The molecular weight excluding hydrogens is 358 g/mol. The second-order valence-corrected chi connectivity index (χ2v) is 6.41. The molecule has 2 rings (SSSR count). The Bertz CT molecular complexity index is 616. The zero-order valence-corrected chi connectivity index (χ0v) is 12.7. The van der Waals surface area contributed by atoms with E-state index in [0.717, 1.165) is 21.5 Å². The third kappa shape index (κ3) is 3.05. The van der Waals surface area contributed by atoms with Crippen LogP contribution in [0.1, 0.15) is 26.9 Å². The van der Waals surface area contributed by atoms with Gasteiger partial charge in [0.1, 0.15) is 5.82 Å². The molecule has 2 N–H and O–H groups in total. The Kier molecular flexibility index (Phi) is 4.22. The number of rotatable bonds is 2. The summed E-state index contributed by atoms with van der Waals surface area (Å²) >= 11 is 4.62. The quantitative estimate of drug-likeness (QED) is 0.740. The maximum atomic E-state index is 13.7. The van der Waals surface area contributed by atoms with Crippen LogP contribution in [0.5, 0.6) is 0 Å². The highest BCUT2D eigenvalue weighted by atomic mass is 79.9. The summed E-state index contributed by atoms with van der Waals surface area (Å²) in [6, 6.07) is 3.05. The van der Waals surface area contributed by atoms with E-state index in [1.807, 2.05) is 6.92 Å². The van der Waals surface area contributed by atoms with Gasteiger partial charge in [0.05, 0.1) is 11.6 Å². The molecule has 1 atom stereocenters. The molecule has 0 spiro atoms. The maximum absolute atomic E-state index is 13.7. The molecule has 0 radical (unpaired) electrons. The van der Waals surface area contributed by atoms with Gasteiger partial charge in [-0.15, -0.1) is 11.3 Å². The molecule has 1 aromatic heterocycles. The smallest absolute Gasteiger partial charge is 0.320 e. The largest absolute Gasteiger partial charge is 0.416 e. The molecule has 1 nitrogen and oxygen atoms in total. The molecular formula is C13H10BrF4NS. The summed E-state index contributed by atoms with van der Waals surface area (Å²) in [7, 11) is 0. The van der Waals surface area contributed by atoms with Gasteiger partial charge >= 0.3 is 6.18 Å². The Morgan fingerprint density at radius 1 is 1.25 bits per heavy atom. The highest BCUT2D eigenvalue weighted by molar-refractivity contribution is 9.10. The molecule has 0 fully saturated rings. The van der Waals surface area contributed by atoms with Crippen molar-refractivity contribution in [2.24, 2.45) is 5.73 Å². The number of aryl methyl sites for hydroxylation is 1. The molecule has 0 amide bonds. The summed E-state index contributed by atoms with van der Waals surface area (Å²) in [5.74, 6) is -0.743. The Morgan fingerprint density at radius 2 is 1.90 bits per heavy atom. The van der Waals surface area contributed by atoms with Crippen molar-refractivity contribution in [1.82, 2.24) is 0 Å². The minimum absolute atomic E-state index is 0.159. The van der Waals surface area contributed by atoms with Gasteiger partial charge in [-0.25, -0.2) is 4.39 Å². The number of alkyl halides is 3. The molecule has 1 unspecified atom stereocenters. The van der Waals surface area contributed by atoms with Crippen LogP contribution >= 0.6 is 27.3 Å². The van der Waals surface area contributed by atoms with Gasteiger partial charge in [-0.3, -0.25) is 0 Å². The summed E-state index contributed by atoms with van der Waals surface area (Å²) in [6.07, 6.45) is -4.52. The average Bonchev–Trinajstić information content (AvgIpc) is 2.68. The van der Waals surface area contributed by atoms with E-state index in [4.69, 9.17) is 5.73 Å². The number of thiophene rings is 1. The van der Waals surface area contributed by atoms with E-state index in [1.54, 1.807) is 6.07 Å². The zero-order valence-electron chi connectivity index (χ0n) is 10.3. The number of hydrogen-bond acceptors (Lipinski definition) is 2. The van der Waals surface area contributed by atoms with E-state index < -0.39 is 23.6 Å². The predicted octanol–water partition coefficient (Wildman–Crippen LogP) is 5.03. The zero-order chi connectivity index (χ0) is 15.1. The number of hydrogen-bond donors (Lipinski definition) is 1. The SMILES string of the molecule is Cc1sc(C(N)c2cc(C(F)(F)F)ccc2F)cc1Br. The van der Waals surface area contributed by atoms with Crippen LogP contribution < -0.4 is 5.73 Å². The number of halogens is 5. The molecule has 0 aliphatic rings. The standard InChI is InChI=1S/C13H10BrF4NS/c1-6-9(14)5-11(20-6)12(19)8-4-7(13(16,17)18)2-3-10(8)15/h2-5,12H,19H2,1H3. The van der Waals surface area contributed by atoms with Crippen LogP contribution in [0.2, 0.25) is 0 Å². The van der Waals surface area contributed by atoms with E-state index in [-0.39, 0.29) is 5.56 Å². The Labute approximate surface area is 125 Å². The van der Waals surface area contributed by atoms with Crippen LogP contribution in [0, 0.1) is 12.7 Å². The van der Waals surface area contributed by atoms with Crippen LogP contribution in [0.3, 0.4) is 0 Å². The highest BCUT2D eigenvalue weighted by Gasteiger charge is 2.32. The van der Waals surface area contributed by atoms with Gasteiger partial charge in [-0.05, 0) is 47.1 Å². The van der Waals surface area contributed by atoms with Crippen molar-refractivity contribution >= 4 is 27.3 Å². The average molecular weight is 368 g/mol. The molecule has 0 aliphatic carbocycles. The van der Waals surface area contributed by atoms with Crippen LogP contribution in [0.4, 0.5) is 17.6 Å². The summed E-state index contributed by atoms with van der Waals surface area (Å²) in [5.41, 5.74) is 4.83. The highest BCUT2D eigenvalue weighted by Crippen LogP contribution is 2.36. The fraction of sp³-hybridized carbons (Fsp3) is 0.231. The molecule has 7 heteroatoms. The van der Waals surface area contributed by atoms with E-state index in [1.165, 1.54) is 11.3 Å². The molecule has 0 saturated heterocycles. The normalized spacial score (nSPS) is 13.6. The van der Waals surface area contributed by atoms with E-state index in [0.29, 0.717) is 10.9 Å². The van der Waals surface area contributed by atoms with Crippen molar-refractivity contribution in [3.8, 4) is 0 Å². The number of benzene rings is 1. The van der Waals surface area contributed by atoms with Crippen molar-refractivity contribution in [2.45, 2.75) is 19.1 Å². The third-order valence-electron chi connectivity index (χ3n) is 2.84. The lowest BCUT2D eigenvalue weighted by atomic mass is 10.0. The summed E-state index contributed by atoms with van der Waals surface area (Å²) < 4.78 is 52.5. The van der Waals surface area contributed by atoms with E-state index >= 15 is 0 Å². The molecule has 1 aromatic carbocycles. The van der Waals surface area contributed by atoms with Gasteiger partial charge in [0.2, 0.25) is 0 Å². The number of nitrogens with two attached hydrogens (primary N) is 1. The van der Waals surface area contributed by atoms with Crippen molar-refractivity contribution in [2.75, 3.05) is 0 Å². The molecule has 20 heavy (non-hydrogen) atoms. The van der Waals surface area contributed by atoms with E-state index in [9.17, 15) is 17.6 Å². The lowest BCUT2D eigenvalue weighted by Gasteiger charge is -2.14. The first-order chi connectivity index (χ1) is 9.20. The van der Waals surface area contributed by atoms with Gasteiger partial charge in [-0.2, -0.15) is 13.2 Å². The minimum Gasteiger partial charge on any atom is -0.320 e. The second kappa shape index (κ2) is 5.46. The fourth-order valence-electron chi connectivity index (χ4n) is 1.75. The molecule has 0 saturated carbocycles. The topological polar surface area (TPSA) is 26.0 Å². The Morgan fingerprint density at radius 3 is 2.40 bits per heavy atom. The monoisotopic (exact) mass is 367 g/mol. The molecule has 2 aromatic rings. The first-order valence-corrected chi connectivity index (χ1v) is 7.19. The third-order valence-corrected chi connectivity index (χ3v) is 5.06. The van der Waals surface area contributed by atoms with Crippen LogP contribution in [-0.4, -0.2) is 0 Å². The molecule has 1 heterocycles. The first kappa shape index (κ1) is 15.5. The Hall–Kier alpha value is -0.920.